The Bertz CT molecular complexity index is 199. The summed E-state index contributed by atoms with van der Waals surface area (Å²) in [5, 5.41) is 3.61. The summed E-state index contributed by atoms with van der Waals surface area (Å²) in [5.74, 6) is 0. The zero-order valence-electron chi connectivity index (χ0n) is 11.0. The van der Waals surface area contributed by atoms with E-state index >= 15 is 0 Å². The summed E-state index contributed by atoms with van der Waals surface area (Å²) in [6.07, 6.45) is 11.4. The summed E-state index contributed by atoms with van der Waals surface area (Å²) in [7, 11) is 2.37. The summed E-state index contributed by atoms with van der Waals surface area (Å²) >= 11 is 0. The molecule has 0 saturated heterocycles. The van der Waals surface area contributed by atoms with Crippen LogP contribution in [0.1, 0.15) is 58.3 Å². The third-order valence-corrected chi connectivity index (χ3v) is 4.62. The summed E-state index contributed by atoms with van der Waals surface area (Å²) in [4.78, 5) is 2.70. The first-order valence-corrected chi connectivity index (χ1v) is 7.26. The Morgan fingerprint density at radius 3 is 2.44 bits per heavy atom. The van der Waals surface area contributed by atoms with Crippen LogP contribution in [0.4, 0.5) is 0 Å². The summed E-state index contributed by atoms with van der Waals surface area (Å²) in [6.45, 7) is 3.35. The van der Waals surface area contributed by atoms with E-state index in [4.69, 9.17) is 0 Å². The van der Waals surface area contributed by atoms with Crippen LogP contribution in [0.2, 0.25) is 0 Å². The lowest BCUT2D eigenvalue weighted by molar-refractivity contribution is 0.138. The second kappa shape index (κ2) is 6.02. The molecule has 2 aliphatic carbocycles. The SMILES string of the molecule is CCNC1CCC(N(C)C2CCCCC2)C1. The minimum absolute atomic E-state index is 0.793. The van der Waals surface area contributed by atoms with E-state index in [1.165, 1.54) is 51.4 Å². The van der Waals surface area contributed by atoms with Crippen LogP contribution < -0.4 is 5.32 Å². The number of rotatable bonds is 4. The molecule has 0 aromatic rings. The molecule has 2 fully saturated rings. The maximum atomic E-state index is 3.61. The van der Waals surface area contributed by atoms with Crippen LogP contribution in [0.5, 0.6) is 0 Å². The van der Waals surface area contributed by atoms with Gasteiger partial charge in [0.1, 0.15) is 0 Å². The van der Waals surface area contributed by atoms with Crippen molar-refractivity contribution in [1.29, 1.82) is 0 Å². The zero-order chi connectivity index (χ0) is 11.4. The van der Waals surface area contributed by atoms with Gasteiger partial charge < -0.3 is 10.2 Å². The van der Waals surface area contributed by atoms with Crippen LogP contribution in [0.15, 0.2) is 0 Å². The van der Waals surface area contributed by atoms with Gasteiger partial charge in [-0.25, -0.2) is 0 Å². The molecule has 0 bridgehead atoms. The summed E-state index contributed by atoms with van der Waals surface area (Å²) < 4.78 is 0. The lowest BCUT2D eigenvalue weighted by Crippen LogP contribution is -2.41. The molecule has 0 spiro atoms. The van der Waals surface area contributed by atoms with Gasteiger partial charge in [0.15, 0.2) is 0 Å². The Morgan fingerprint density at radius 1 is 1.00 bits per heavy atom. The standard InChI is InChI=1S/C14H28N2/c1-3-15-12-9-10-14(11-12)16(2)13-7-5-4-6-8-13/h12-15H,3-11H2,1-2H3. The van der Waals surface area contributed by atoms with E-state index in [0.717, 1.165) is 24.7 Å². The summed E-state index contributed by atoms with van der Waals surface area (Å²) in [5.41, 5.74) is 0. The van der Waals surface area contributed by atoms with Crippen molar-refractivity contribution in [2.24, 2.45) is 0 Å². The molecule has 2 saturated carbocycles. The molecule has 94 valence electrons. The number of hydrogen-bond donors (Lipinski definition) is 1. The Morgan fingerprint density at radius 2 is 1.75 bits per heavy atom. The lowest BCUT2D eigenvalue weighted by atomic mass is 9.93. The molecule has 16 heavy (non-hydrogen) atoms. The van der Waals surface area contributed by atoms with Crippen molar-refractivity contribution in [1.82, 2.24) is 10.2 Å². The van der Waals surface area contributed by atoms with Crippen molar-refractivity contribution in [2.75, 3.05) is 13.6 Å². The van der Waals surface area contributed by atoms with Crippen LogP contribution in [0.3, 0.4) is 0 Å². The van der Waals surface area contributed by atoms with Gasteiger partial charge in [0.2, 0.25) is 0 Å². The topological polar surface area (TPSA) is 15.3 Å². The van der Waals surface area contributed by atoms with Gasteiger partial charge in [0.25, 0.3) is 0 Å². The molecule has 0 aliphatic heterocycles. The molecule has 2 heteroatoms. The zero-order valence-corrected chi connectivity index (χ0v) is 11.0. The van der Waals surface area contributed by atoms with Crippen molar-refractivity contribution in [3.63, 3.8) is 0 Å². The molecule has 0 radical (unpaired) electrons. The monoisotopic (exact) mass is 224 g/mol. The van der Waals surface area contributed by atoms with Crippen LogP contribution in [-0.4, -0.2) is 36.6 Å². The highest BCUT2D eigenvalue weighted by molar-refractivity contribution is 4.88. The van der Waals surface area contributed by atoms with Gasteiger partial charge in [-0.1, -0.05) is 26.2 Å². The minimum atomic E-state index is 0.793. The average Bonchev–Trinajstić information content (AvgIpc) is 2.78. The second-order valence-electron chi connectivity index (χ2n) is 5.68. The first-order valence-electron chi connectivity index (χ1n) is 7.26. The predicted molar refractivity (Wildman–Crippen MR) is 69.7 cm³/mol. The maximum absolute atomic E-state index is 3.61. The quantitative estimate of drug-likeness (QED) is 0.790. The molecule has 2 atom stereocenters. The van der Waals surface area contributed by atoms with Crippen LogP contribution in [0.25, 0.3) is 0 Å². The van der Waals surface area contributed by atoms with Crippen LogP contribution >= 0.6 is 0 Å². The molecule has 0 heterocycles. The third kappa shape index (κ3) is 2.98. The fourth-order valence-electron chi connectivity index (χ4n) is 3.59. The van der Waals surface area contributed by atoms with E-state index < -0.39 is 0 Å². The number of nitrogens with zero attached hydrogens (tertiary/aromatic N) is 1. The van der Waals surface area contributed by atoms with E-state index in [-0.39, 0.29) is 0 Å². The van der Waals surface area contributed by atoms with E-state index in [9.17, 15) is 0 Å². The molecule has 0 aromatic carbocycles. The van der Waals surface area contributed by atoms with Gasteiger partial charge in [0, 0.05) is 18.1 Å². The van der Waals surface area contributed by atoms with E-state index in [1.54, 1.807) is 0 Å². The van der Waals surface area contributed by atoms with Gasteiger partial charge in [-0.3, -0.25) is 0 Å². The highest BCUT2D eigenvalue weighted by atomic mass is 15.2. The lowest BCUT2D eigenvalue weighted by Gasteiger charge is -2.35. The average molecular weight is 224 g/mol. The normalized spacial score (nSPS) is 32.4. The predicted octanol–water partition coefficient (Wildman–Crippen LogP) is 2.78. The summed E-state index contributed by atoms with van der Waals surface area (Å²) in [6, 6.07) is 2.53. The second-order valence-corrected chi connectivity index (χ2v) is 5.68. The Labute approximate surface area is 101 Å². The van der Waals surface area contributed by atoms with Crippen molar-refractivity contribution in [3.05, 3.63) is 0 Å². The van der Waals surface area contributed by atoms with Crippen LogP contribution in [0, 0.1) is 0 Å². The van der Waals surface area contributed by atoms with Gasteiger partial charge in [-0.2, -0.15) is 0 Å². The van der Waals surface area contributed by atoms with Crippen molar-refractivity contribution >= 4 is 0 Å². The van der Waals surface area contributed by atoms with Crippen molar-refractivity contribution < 1.29 is 0 Å². The molecule has 0 aromatic heterocycles. The van der Waals surface area contributed by atoms with E-state index in [1.807, 2.05) is 0 Å². The molecular weight excluding hydrogens is 196 g/mol. The first kappa shape index (κ1) is 12.4. The van der Waals surface area contributed by atoms with Gasteiger partial charge in [-0.05, 0) is 45.7 Å². The fourth-order valence-corrected chi connectivity index (χ4v) is 3.59. The third-order valence-electron chi connectivity index (χ3n) is 4.62. The van der Waals surface area contributed by atoms with E-state index in [2.05, 4.69) is 24.2 Å². The maximum Gasteiger partial charge on any atom is 0.0110 e. The Hall–Kier alpha value is -0.0800. The smallest absolute Gasteiger partial charge is 0.0110 e. The molecule has 2 aliphatic rings. The van der Waals surface area contributed by atoms with Gasteiger partial charge >= 0.3 is 0 Å². The Kier molecular flexibility index (Phi) is 4.66. The highest BCUT2D eigenvalue weighted by Gasteiger charge is 2.30. The first-order chi connectivity index (χ1) is 7.81. The largest absolute Gasteiger partial charge is 0.314 e. The molecule has 2 unspecified atom stereocenters. The van der Waals surface area contributed by atoms with Crippen molar-refractivity contribution in [3.8, 4) is 0 Å². The molecule has 2 nitrogen and oxygen atoms in total. The highest BCUT2D eigenvalue weighted by Crippen LogP contribution is 2.29. The van der Waals surface area contributed by atoms with Gasteiger partial charge in [0.05, 0.1) is 0 Å². The molecule has 1 N–H and O–H groups in total. The minimum Gasteiger partial charge on any atom is -0.314 e. The molecule has 0 amide bonds. The molecule has 2 rings (SSSR count). The molecular formula is C14H28N2. The van der Waals surface area contributed by atoms with Gasteiger partial charge in [-0.15, -0.1) is 0 Å². The number of hydrogen-bond acceptors (Lipinski definition) is 2. The number of nitrogens with one attached hydrogen (secondary N) is 1. The Balaban J connectivity index is 1.78. The van der Waals surface area contributed by atoms with E-state index in [0.29, 0.717) is 0 Å². The van der Waals surface area contributed by atoms with Crippen molar-refractivity contribution in [2.45, 2.75) is 76.4 Å². The van der Waals surface area contributed by atoms with Crippen LogP contribution in [-0.2, 0) is 0 Å². The fraction of sp³-hybridized carbons (Fsp3) is 1.00.